The summed E-state index contributed by atoms with van der Waals surface area (Å²) in [5.74, 6) is -0.855. The number of rotatable bonds is 3. The van der Waals surface area contributed by atoms with Gasteiger partial charge in [0.2, 0.25) is 6.17 Å². The van der Waals surface area contributed by atoms with Crippen molar-refractivity contribution < 1.29 is 13.9 Å². The van der Waals surface area contributed by atoms with Crippen LogP contribution in [-0.2, 0) is 9.53 Å². The molecule has 1 aromatic carbocycles. The Bertz CT molecular complexity index is 368. The highest BCUT2D eigenvalue weighted by molar-refractivity contribution is 9.13. The maximum Gasteiger partial charge on any atom is 0.345 e. The second-order valence-electron chi connectivity index (χ2n) is 2.79. The maximum absolute atomic E-state index is 13.5. The van der Waals surface area contributed by atoms with Crippen molar-refractivity contribution in [2.24, 2.45) is 0 Å². The predicted molar refractivity (Wildman–Crippen MR) is 62.3 cm³/mol. The van der Waals surface area contributed by atoms with Crippen LogP contribution in [0, 0.1) is 0 Å². The van der Waals surface area contributed by atoms with E-state index in [0.29, 0.717) is 4.47 Å². The molecule has 0 saturated heterocycles. The number of alkyl halides is 1. The lowest BCUT2D eigenvalue weighted by atomic mass is 10.1. The molecule has 0 N–H and O–H groups in total. The zero-order valence-corrected chi connectivity index (χ0v) is 11.1. The van der Waals surface area contributed by atoms with Gasteiger partial charge < -0.3 is 4.74 Å². The molecule has 15 heavy (non-hydrogen) atoms. The molecule has 1 rings (SSSR count). The molecule has 0 saturated carbocycles. The third-order valence-corrected chi connectivity index (χ3v) is 3.61. The van der Waals surface area contributed by atoms with Crippen molar-refractivity contribution in [1.29, 1.82) is 0 Å². The van der Waals surface area contributed by atoms with Crippen molar-refractivity contribution >= 4 is 37.8 Å². The first kappa shape index (κ1) is 12.6. The van der Waals surface area contributed by atoms with Gasteiger partial charge in [-0.05, 0) is 56.5 Å². The van der Waals surface area contributed by atoms with E-state index in [4.69, 9.17) is 0 Å². The summed E-state index contributed by atoms with van der Waals surface area (Å²) < 4.78 is 19.6. The topological polar surface area (TPSA) is 26.3 Å². The number of benzene rings is 1. The summed E-state index contributed by atoms with van der Waals surface area (Å²) in [7, 11) is 0. The normalized spacial score (nSPS) is 12.3. The van der Waals surface area contributed by atoms with Crippen molar-refractivity contribution in [2.75, 3.05) is 6.61 Å². The van der Waals surface area contributed by atoms with Crippen LogP contribution in [0.3, 0.4) is 0 Å². The molecule has 0 aliphatic carbocycles. The number of hydrogen-bond donors (Lipinski definition) is 0. The van der Waals surface area contributed by atoms with E-state index in [1.165, 1.54) is 6.07 Å². The third-order valence-electron chi connectivity index (χ3n) is 1.73. The quantitative estimate of drug-likeness (QED) is 0.783. The molecular formula is C10H9Br2FO2. The van der Waals surface area contributed by atoms with Gasteiger partial charge in [-0.3, -0.25) is 0 Å². The Hall–Kier alpha value is -0.420. The van der Waals surface area contributed by atoms with Crippen molar-refractivity contribution in [3.63, 3.8) is 0 Å². The van der Waals surface area contributed by atoms with Crippen LogP contribution in [0.5, 0.6) is 0 Å². The molecule has 5 heteroatoms. The summed E-state index contributed by atoms with van der Waals surface area (Å²) >= 11 is 6.50. The molecule has 0 aromatic heterocycles. The Morgan fingerprint density at radius 3 is 2.67 bits per heavy atom. The van der Waals surface area contributed by atoms with Crippen LogP contribution in [0.4, 0.5) is 4.39 Å². The van der Waals surface area contributed by atoms with Crippen LogP contribution in [0.15, 0.2) is 27.1 Å². The number of esters is 1. The van der Waals surface area contributed by atoms with Gasteiger partial charge >= 0.3 is 5.97 Å². The number of carbonyl (C=O) groups is 1. The van der Waals surface area contributed by atoms with Gasteiger partial charge in [-0.1, -0.05) is 6.07 Å². The Morgan fingerprint density at radius 1 is 1.47 bits per heavy atom. The summed E-state index contributed by atoms with van der Waals surface area (Å²) in [4.78, 5) is 11.1. The van der Waals surface area contributed by atoms with Crippen LogP contribution < -0.4 is 0 Å². The monoisotopic (exact) mass is 338 g/mol. The highest BCUT2D eigenvalue weighted by Crippen LogP contribution is 2.28. The number of hydrogen-bond acceptors (Lipinski definition) is 2. The standard InChI is InChI=1S/C10H9Br2FO2/c1-2-15-10(14)9(13)6-3-4-7(11)8(12)5-6/h3-5,9H,2H2,1H3. The second-order valence-corrected chi connectivity index (χ2v) is 4.50. The van der Waals surface area contributed by atoms with Crippen LogP contribution >= 0.6 is 31.9 Å². The van der Waals surface area contributed by atoms with Gasteiger partial charge in [-0.2, -0.15) is 0 Å². The Balaban J connectivity index is 2.86. The first-order chi connectivity index (χ1) is 7.06. The molecule has 82 valence electrons. The SMILES string of the molecule is CCOC(=O)C(F)c1ccc(Br)c(Br)c1. The highest BCUT2D eigenvalue weighted by Gasteiger charge is 2.21. The lowest BCUT2D eigenvalue weighted by Crippen LogP contribution is -2.11. The van der Waals surface area contributed by atoms with Crippen LogP contribution in [0.2, 0.25) is 0 Å². The molecule has 0 bridgehead atoms. The lowest BCUT2D eigenvalue weighted by Gasteiger charge is -2.08. The fourth-order valence-corrected chi connectivity index (χ4v) is 1.66. The van der Waals surface area contributed by atoms with E-state index in [1.807, 2.05) is 0 Å². The smallest absolute Gasteiger partial charge is 0.345 e. The number of halogens is 3. The van der Waals surface area contributed by atoms with Crippen molar-refractivity contribution in [2.45, 2.75) is 13.1 Å². The molecule has 0 aliphatic heterocycles. The van der Waals surface area contributed by atoms with E-state index in [-0.39, 0.29) is 12.2 Å². The second kappa shape index (κ2) is 5.61. The van der Waals surface area contributed by atoms with E-state index in [2.05, 4.69) is 36.6 Å². The molecule has 0 heterocycles. The van der Waals surface area contributed by atoms with E-state index < -0.39 is 12.1 Å². The fraction of sp³-hybridized carbons (Fsp3) is 0.300. The maximum atomic E-state index is 13.5. The summed E-state index contributed by atoms with van der Waals surface area (Å²) in [6, 6.07) is 4.76. The van der Waals surface area contributed by atoms with Gasteiger partial charge in [0.1, 0.15) is 0 Å². The van der Waals surface area contributed by atoms with Crippen molar-refractivity contribution in [1.82, 2.24) is 0 Å². The van der Waals surface area contributed by atoms with Gasteiger partial charge in [0.25, 0.3) is 0 Å². The molecule has 0 aliphatic rings. The van der Waals surface area contributed by atoms with Gasteiger partial charge in [0.05, 0.1) is 6.61 Å². The molecular weight excluding hydrogens is 331 g/mol. The van der Waals surface area contributed by atoms with Crippen molar-refractivity contribution in [3.8, 4) is 0 Å². The van der Waals surface area contributed by atoms with Crippen molar-refractivity contribution in [3.05, 3.63) is 32.7 Å². The molecule has 1 atom stereocenters. The molecule has 0 radical (unpaired) electrons. The molecule has 0 spiro atoms. The molecule has 2 nitrogen and oxygen atoms in total. The van der Waals surface area contributed by atoms with Gasteiger partial charge in [-0.15, -0.1) is 0 Å². The predicted octanol–water partition coefficient (Wildman–Crippen LogP) is 3.79. The van der Waals surface area contributed by atoms with E-state index >= 15 is 0 Å². The Morgan fingerprint density at radius 2 is 2.13 bits per heavy atom. The Labute approximate surface area is 104 Å². The van der Waals surface area contributed by atoms with Gasteiger partial charge in [-0.25, -0.2) is 9.18 Å². The van der Waals surface area contributed by atoms with Crippen LogP contribution in [-0.4, -0.2) is 12.6 Å². The van der Waals surface area contributed by atoms with Gasteiger partial charge in [0, 0.05) is 8.95 Å². The molecule has 0 fully saturated rings. The first-order valence-corrected chi connectivity index (χ1v) is 5.90. The van der Waals surface area contributed by atoms with Crippen LogP contribution in [0.1, 0.15) is 18.7 Å². The first-order valence-electron chi connectivity index (χ1n) is 4.32. The average molecular weight is 340 g/mol. The minimum absolute atomic E-state index is 0.178. The molecule has 1 aromatic rings. The summed E-state index contributed by atoms with van der Waals surface area (Å²) in [5, 5.41) is 0. The zero-order valence-electron chi connectivity index (χ0n) is 7.97. The van der Waals surface area contributed by atoms with Gasteiger partial charge in [0.15, 0.2) is 0 Å². The van der Waals surface area contributed by atoms with E-state index in [0.717, 1.165) is 4.47 Å². The summed E-state index contributed by atoms with van der Waals surface area (Å²) in [5.41, 5.74) is 0.281. The number of carbonyl (C=O) groups excluding carboxylic acids is 1. The van der Waals surface area contributed by atoms with E-state index in [9.17, 15) is 9.18 Å². The highest BCUT2D eigenvalue weighted by atomic mass is 79.9. The van der Waals surface area contributed by atoms with E-state index in [1.54, 1.807) is 19.1 Å². The summed E-state index contributed by atoms with van der Waals surface area (Å²) in [6.45, 7) is 1.82. The van der Waals surface area contributed by atoms with Crippen LogP contribution in [0.25, 0.3) is 0 Å². The average Bonchev–Trinajstić information content (AvgIpc) is 2.21. The Kier molecular flexibility index (Phi) is 4.73. The summed E-state index contributed by atoms with van der Waals surface area (Å²) in [6.07, 6.45) is -1.73. The molecule has 1 unspecified atom stereocenters. The molecule has 0 amide bonds. The zero-order chi connectivity index (χ0) is 11.4. The lowest BCUT2D eigenvalue weighted by molar-refractivity contribution is -0.149. The number of ether oxygens (including phenoxy) is 1. The minimum Gasteiger partial charge on any atom is -0.464 e. The fourth-order valence-electron chi connectivity index (χ4n) is 1.02. The minimum atomic E-state index is -1.73. The third kappa shape index (κ3) is 3.28. The largest absolute Gasteiger partial charge is 0.464 e.